The summed E-state index contributed by atoms with van der Waals surface area (Å²) in [6.45, 7) is 6.72. The predicted octanol–water partition coefficient (Wildman–Crippen LogP) is 3.19. The van der Waals surface area contributed by atoms with Crippen molar-refractivity contribution in [3.63, 3.8) is 0 Å². The fourth-order valence-corrected chi connectivity index (χ4v) is 3.54. The molecule has 2 aromatic rings. The molecule has 1 aromatic heterocycles. The Labute approximate surface area is 130 Å². The Bertz CT molecular complexity index is 507. The summed E-state index contributed by atoms with van der Waals surface area (Å²) in [5.41, 5.74) is 0. The third-order valence-electron chi connectivity index (χ3n) is 3.84. The molecule has 0 spiro atoms. The van der Waals surface area contributed by atoms with E-state index in [1.165, 1.54) is 17.2 Å². The fourth-order valence-electron chi connectivity index (χ4n) is 2.60. The average molecular weight is 302 g/mol. The second kappa shape index (κ2) is 7.69. The third kappa shape index (κ3) is 4.63. The molecule has 1 fully saturated rings. The molecule has 0 amide bonds. The second-order valence-corrected chi connectivity index (χ2v) is 6.53. The van der Waals surface area contributed by atoms with Gasteiger partial charge in [-0.25, -0.2) is 0 Å². The van der Waals surface area contributed by atoms with Crippen molar-refractivity contribution in [1.82, 2.24) is 9.80 Å². The molecule has 0 aliphatic carbocycles. The monoisotopic (exact) mass is 302 g/mol. The molecule has 1 saturated heterocycles. The molecule has 0 atom stereocenters. The van der Waals surface area contributed by atoms with Crippen LogP contribution in [0.15, 0.2) is 58.0 Å². The second-order valence-electron chi connectivity index (χ2n) is 5.36. The minimum Gasteiger partial charge on any atom is -0.468 e. The van der Waals surface area contributed by atoms with Crippen molar-refractivity contribution in [3.8, 4) is 0 Å². The molecule has 0 radical (unpaired) electrons. The Morgan fingerprint density at radius 1 is 0.905 bits per heavy atom. The van der Waals surface area contributed by atoms with E-state index in [1.807, 2.05) is 17.8 Å². The first-order valence-electron chi connectivity index (χ1n) is 7.55. The van der Waals surface area contributed by atoms with Crippen molar-refractivity contribution < 1.29 is 4.42 Å². The Hall–Kier alpha value is -1.23. The summed E-state index contributed by atoms with van der Waals surface area (Å²) in [5, 5.41) is 0. The van der Waals surface area contributed by atoms with Gasteiger partial charge in [-0.15, -0.1) is 11.8 Å². The van der Waals surface area contributed by atoms with Crippen molar-refractivity contribution in [2.75, 3.05) is 38.5 Å². The smallest absolute Gasteiger partial charge is 0.117 e. The summed E-state index contributed by atoms with van der Waals surface area (Å²) in [4.78, 5) is 6.41. The summed E-state index contributed by atoms with van der Waals surface area (Å²) in [6.07, 6.45) is 1.76. The summed E-state index contributed by atoms with van der Waals surface area (Å²) in [5.74, 6) is 2.24. The number of hydrogen-bond donors (Lipinski definition) is 0. The van der Waals surface area contributed by atoms with Gasteiger partial charge in [0.15, 0.2) is 0 Å². The van der Waals surface area contributed by atoms with Gasteiger partial charge in [-0.05, 0) is 24.3 Å². The number of hydrogen-bond acceptors (Lipinski definition) is 4. The largest absolute Gasteiger partial charge is 0.468 e. The van der Waals surface area contributed by atoms with Gasteiger partial charge in [0.05, 0.1) is 12.8 Å². The van der Waals surface area contributed by atoms with Gasteiger partial charge in [0, 0.05) is 43.4 Å². The highest BCUT2D eigenvalue weighted by Crippen LogP contribution is 2.17. The topological polar surface area (TPSA) is 19.6 Å². The zero-order chi connectivity index (χ0) is 14.3. The lowest BCUT2D eigenvalue weighted by Crippen LogP contribution is -2.46. The molecule has 1 aliphatic heterocycles. The fraction of sp³-hybridized carbons (Fsp3) is 0.412. The molecule has 112 valence electrons. The van der Waals surface area contributed by atoms with Crippen LogP contribution < -0.4 is 0 Å². The maximum Gasteiger partial charge on any atom is 0.117 e. The first-order chi connectivity index (χ1) is 10.4. The quantitative estimate of drug-likeness (QED) is 0.763. The number of piperazine rings is 1. The van der Waals surface area contributed by atoms with Crippen molar-refractivity contribution in [2.24, 2.45) is 0 Å². The number of benzene rings is 1. The number of rotatable bonds is 6. The lowest BCUT2D eigenvalue weighted by molar-refractivity contribution is 0.126. The van der Waals surface area contributed by atoms with Crippen LogP contribution in [0.3, 0.4) is 0 Å². The summed E-state index contributed by atoms with van der Waals surface area (Å²) >= 11 is 1.95. The summed E-state index contributed by atoms with van der Waals surface area (Å²) in [7, 11) is 0. The lowest BCUT2D eigenvalue weighted by atomic mass is 10.3. The standard InChI is InChI=1S/C17H22N2OS/c1-2-6-17(7-3-1)21-14-12-18-8-10-19(11-9-18)15-16-5-4-13-20-16/h1-7,13H,8-12,14-15H2. The minimum absolute atomic E-state index is 0.944. The molecule has 3 rings (SSSR count). The van der Waals surface area contributed by atoms with Gasteiger partial charge in [0.2, 0.25) is 0 Å². The zero-order valence-corrected chi connectivity index (χ0v) is 13.1. The molecule has 0 bridgehead atoms. The van der Waals surface area contributed by atoms with Gasteiger partial charge < -0.3 is 4.42 Å². The van der Waals surface area contributed by atoms with E-state index < -0.39 is 0 Å². The molecular weight excluding hydrogens is 280 g/mol. The molecule has 0 unspecified atom stereocenters. The molecule has 21 heavy (non-hydrogen) atoms. The van der Waals surface area contributed by atoms with Gasteiger partial charge in [-0.2, -0.15) is 0 Å². The highest BCUT2D eigenvalue weighted by atomic mass is 32.2. The van der Waals surface area contributed by atoms with Crippen LogP contribution in [0.4, 0.5) is 0 Å². The highest BCUT2D eigenvalue weighted by Gasteiger charge is 2.17. The SMILES string of the molecule is c1ccc(SCCN2CCN(Cc3ccco3)CC2)cc1. The minimum atomic E-state index is 0.944. The van der Waals surface area contributed by atoms with E-state index in [-0.39, 0.29) is 0 Å². The van der Waals surface area contributed by atoms with Gasteiger partial charge in [-0.3, -0.25) is 9.80 Å². The Kier molecular flexibility index (Phi) is 5.38. The van der Waals surface area contributed by atoms with Crippen LogP contribution in [0.5, 0.6) is 0 Å². The normalized spacial score (nSPS) is 17.1. The summed E-state index contributed by atoms with van der Waals surface area (Å²) in [6, 6.07) is 14.7. The molecule has 3 nitrogen and oxygen atoms in total. The van der Waals surface area contributed by atoms with E-state index in [2.05, 4.69) is 46.2 Å². The maximum absolute atomic E-state index is 5.42. The average Bonchev–Trinajstić information content (AvgIpc) is 3.03. The zero-order valence-electron chi connectivity index (χ0n) is 12.3. The van der Waals surface area contributed by atoms with Gasteiger partial charge in [0.25, 0.3) is 0 Å². The van der Waals surface area contributed by atoms with Gasteiger partial charge in [0.1, 0.15) is 5.76 Å². The molecule has 1 aromatic carbocycles. The third-order valence-corrected chi connectivity index (χ3v) is 4.84. The van der Waals surface area contributed by atoms with Crippen molar-refractivity contribution >= 4 is 11.8 Å². The van der Waals surface area contributed by atoms with E-state index in [1.54, 1.807) is 6.26 Å². The van der Waals surface area contributed by atoms with Crippen LogP contribution in [-0.4, -0.2) is 48.3 Å². The van der Waals surface area contributed by atoms with Crippen LogP contribution in [0, 0.1) is 0 Å². The molecule has 1 aliphatic rings. The van der Waals surface area contributed by atoms with E-state index in [0.29, 0.717) is 0 Å². The number of furan rings is 1. The van der Waals surface area contributed by atoms with Crippen molar-refractivity contribution in [3.05, 3.63) is 54.5 Å². The molecule has 2 heterocycles. The van der Waals surface area contributed by atoms with Crippen LogP contribution in [0.25, 0.3) is 0 Å². The van der Waals surface area contributed by atoms with E-state index >= 15 is 0 Å². The molecule has 0 saturated carbocycles. The lowest BCUT2D eigenvalue weighted by Gasteiger charge is -2.34. The van der Waals surface area contributed by atoms with E-state index in [0.717, 1.165) is 38.5 Å². The first-order valence-corrected chi connectivity index (χ1v) is 8.54. The van der Waals surface area contributed by atoms with Gasteiger partial charge >= 0.3 is 0 Å². The number of thioether (sulfide) groups is 1. The van der Waals surface area contributed by atoms with Crippen molar-refractivity contribution in [2.45, 2.75) is 11.4 Å². The molecule has 0 N–H and O–H groups in total. The number of nitrogens with zero attached hydrogens (tertiary/aromatic N) is 2. The summed E-state index contributed by atoms with van der Waals surface area (Å²) < 4.78 is 5.42. The van der Waals surface area contributed by atoms with Crippen molar-refractivity contribution in [1.29, 1.82) is 0 Å². The molecular formula is C17H22N2OS. The van der Waals surface area contributed by atoms with Gasteiger partial charge in [-0.1, -0.05) is 18.2 Å². The Morgan fingerprint density at radius 3 is 2.38 bits per heavy atom. The highest BCUT2D eigenvalue weighted by molar-refractivity contribution is 7.99. The van der Waals surface area contributed by atoms with Crippen LogP contribution >= 0.6 is 11.8 Å². The predicted molar refractivity (Wildman–Crippen MR) is 87.6 cm³/mol. The Morgan fingerprint density at radius 2 is 1.67 bits per heavy atom. The van der Waals surface area contributed by atoms with Crippen LogP contribution in [0.2, 0.25) is 0 Å². The maximum atomic E-state index is 5.42. The first kappa shape index (κ1) is 14.7. The molecule has 4 heteroatoms. The van der Waals surface area contributed by atoms with Crippen LogP contribution in [0.1, 0.15) is 5.76 Å². The van der Waals surface area contributed by atoms with E-state index in [9.17, 15) is 0 Å². The van der Waals surface area contributed by atoms with E-state index in [4.69, 9.17) is 4.42 Å². The Balaban J connectivity index is 1.34. The van der Waals surface area contributed by atoms with Crippen LogP contribution in [-0.2, 0) is 6.54 Å².